The highest BCUT2D eigenvalue weighted by atomic mass is 15.2. The summed E-state index contributed by atoms with van der Waals surface area (Å²) < 4.78 is 0. The lowest BCUT2D eigenvalue weighted by molar-refractivity contribution is 0.167. The molecule has 2 heteroatoms. The highest BCUT2D eigenvalue weighted by Crippen LogP contribution is 2.34. The van der Waals surface area contributed by atoms with Gasteiger partial charge in [0.1, 0.15) is 0 Å². The predicted molar refractivity (Wildman–Crippen MR) is 77.5 cm³/mol. The smallest absolute Gasteiger partial charge is 0.0501 e. The van der Waals surface area contributed by atoms with Crippen LogP contribution in [0.2, 0.25) is 0 Å². The topological polar surface area (TPSA) is 29.3 Å². The van der Waals surface area contributed by atoms with Gasteiger partial charge in [0.2, 0.25) is 0 Å². The highest BCUT2D eigenvalue weighted by Gasteiger charge is 2.34. The van der Waals surface area contributed by atoms with Crippen LogP contribution in [0.25, 0.3) is 0 Å². The SMILES string of the molecule is Cc1ccccc1C(C(C)N)N1CC(C)CC1C. The average Bonchev–Trinajstić information content (AvgIpc) is 2.61. The second kappa shape index (κ2) is 5.41. The van der Waals surface area contributed by atoms with E-state index in [1.807, 2.05) is 0 Å². The van der Waals surface area contributed by atoms with Crippen LogP contribution in [0.5, 0.6) is 0 Å². The Bertz CT molecular complexity index is 400. The molecule has 1 saturated heterocycles. The number of rotatable bonds is 3. The van der Waals surface area contributed by atoms with E-state index in [-0.39, 0.29) is 6.04 Å². The maximum Gasteiger partial charge on any atom is 0.0501 e. The van der Waals surface area contributed by atoms with Crippen molar-refractivity contribution in [3.05, 3.63) is 35.4 Å². The van der Waals surface area contributed by atoms with Gasteiger partial charge in [-0.3, -0.25) is 4.90 Å². The third-order valence-corrected chi connectivity index (χ3v) is 4.19. The number of nitrogens with two attached hydrogens (primary N) is 1. The average molecular weight is 246 g/mol. The number of nitrogens with zero attached hydrogens (tertiary/aromatic N) is 1. The van der Waals surface area contributed by atoms with E-state index in [1.54, 1.807) is 0 Å². The first kappa shape index (κ1) is 13.6. The maximum atomic E-state index is 6.28. The molecular formula is C16H26N2. The minimum absolute atomic E-state index is 0.166. The normalized spacial score (nSPS) is 28.3. The summed E-state index contributed by atoms with van der Waals surface area (Å²) in [7, 11) is 0. The third-order valence-electron chi connectivity index (χ3n) is 4.19. The van der Waals surface area contributed by atoms with Crippen molar-refractivity contribution in [3.8, 4) is 0 Å². The lowest BCUT2D eigenvalue weighted by Crippen LogP contribution is -2.41. The molecule has 2 N–H and O–H groups in total. The van der Waals surface area contributed by atoms with Crippen LogP contribution in [-0.4, -0.2) is 23.5 Å². The van der Waals surface area contributed by atoms with E-state index in [9.17, 15) is 0 Å². The van der Waals surface area contributed by atoms with Crippen molar-refractivity contribution < 1.29 is 0 Å². The molecule has 0 saturated carbocycles. The molecule has 4 unspecified atom stereocenters. The number of hydrogen-bond donors (Lipinski definition) is 1. The molecular weight excluding hydrogens is 220 g/mol. The summed E-state index contributed by atoms with van der Waals surface area (Å²) in [6.07, 6.45) is 1.29. The molecule has 100 valence electrons. The molecule has 1 fully saturated rings. The number of aryl methyl sites for hydroxylation is 1. The van der Waals surface area contributed by atoms with E-state index in [0.717, 1.165) is 5.92 Å². The molecule has 1 heterocycles. The molecule has 1 aliphatic rings. The molecule has 2 nitrogen and oxygen atoms in total. The lowest BCUT2D eigenvalue weighted by Gasteiger charge is -2.35. The molecule has 0 amide bonds. The van der Waals surface area contributed by atoms with Crippen molar-refractivity contribution in [1.82, 2.24) is 4.90 Å². The van der Waals surface area contributed by atoms with E-state index in [4.69, 9.17) is 5.73 Å². The number of likely N-dealkylation sites (tertiary alicyclic amines) is 1. The van der Waals surface area contributed by atoms with E-state index in [1.165, 1.54) is 24.1 Å². The molecule has 18 heavy (non-hydrogen) atoms. The van der Waals surface area contributed by atoms with Gasteiger partial charge < -0.3 is 5.73 Å². The van der Waals surface area contributed by atoms with Crippen molar-refractivity contribution in [2.75, 3.05) is 6.54 Å². The van der Waals surface area contributed by atoms with Crippen LogP contribution < -0.4 is 5.73 Å². The molecule has 2 rings (SSSR count). The fraction of sp³-hybridized carbons (Fsp3) is 0.625. The Kier molecular flexibility index (Phi) is 4.08. The molecule has 0 aliphatic carbocycles. The van der Waals surface area contributed by atoms with E-state index in [0.29, 0.717) is 12.1 Å². The fourth-order valence-corrected chi connectivity index (χ4v) is 3.40. The molecule has 0 radical (unpaired) electrons. The predicted octanol–water partition coefficient (Wildman–Crippen LogP) is 3.11. The molecule has 4 atom stereocenters. The molecule has 0 spiro atoms. The fourth-order valence-electron chi connectivity index (χ4n) is 3.40. The third kappa shape index (κ3) is 2.60. The Morgan fingerprint density at radius 2 is 1.94 bits per heavy atom. The Balaban J connectivity index is 2.32. The number of hydrogen-bond acceptors (Lipinski definition) is 2. The second-order valence-electron chi connectivity index (χ2n) is 6.05. The summed E-state index contributed by atoms with van der Waals surface area (Å²) in [5.74, 6) is 0.783. The van der Waals surface area contributed by atoms with Crippen LogP contribution >= 0.6 is 0 Å². The van der Waals surface area contributed by atoms with Gasteiger partial charge in [-0.05, 0) is 44.2 Å². The summed E-state index contributed by atoms with van der Waals surface area (Å²) in [5, 5.41) is 0. The summed E-state index contributed by atoms with van der Waals surface area (Å²) in [6, 6.07) is 9.81. The minimum atomic E-state index is 0.166. The zero-order valence-electron chi connectivity index (χ0n) is 12.1. The Hall–Kier alpha value is -0.860. The quantitative estimate of drug-likeness (QED) is 0.888. The first-order valence-corrected chi connectivity index (χ1v) is 7.07. The Labute approximate surface area is 111 Å². The largest absolute Gasteiger partial charge is 0.326 e. The van der Waals surface area contributed by atoms with Crippen LogP contribution in [0.15, 0.2) is 24.3 Å². The van der Waals surface area contributed by atoms with E-state index < -0.39 is 0 Å². The van der Waals surface area contributed by atoms with Gasteiger partial charge in [-0.1, -0.05) is 31.2 Å². The highest BCUT2D eigenvalue weighted by molar-refractivity contribution is 5.30. The minimum Gasteiger partial charge on any atom is -0.326 e. The van der Waals surface area contributed by atoms with Crippen molar-refractivity contribution >= 4 is 0 Å². The zero-order chi connectivity index (χ0) is 13.3. The molecule has 0 bridgehead atoms. The summed E-state index contributed by atoms with van der Waals surface area (Å²) >= 11 is 0. The van der Waals surface area contributed by atoms with Crippen LogP contribution in [-0.2, 0) is 0 Å². The second-order valence-corrected chi connectivity index (χ2v) is 6.05. The first-order chi connectivity index (χ1) is 8.50. The van der Waals surface area contributed by atoms with Crippen LogP contribution in [0.3, 0.4) is 0 Å². The van der Waals surface area contributed by atoms with Crippen molar-refractivity contribution in [2.24, 2.45) is 11.7 Å². The standard InChI is InChI=1S/C16H26N2/c1-11-9-13(3)18(10-11)16(14(4)17)15-8-6-5-7-12(15)2/h5-8,11,13-14,16H,9-10,17H2,1-4H3. The zero-order valence-corrected chi connectivity index (χ0v) is 12.1. The molecule has 0 aromatic heterocycles. The van der Waals surface area contributed by atoms with Gasteiger partial charge in [-0.2, -0.15) is 0 Å². The van der Waals surface area contributed by atoms with Crippen molar-refractivity contribution in [3.63, 3.8) is 0 Å². The van der Waals surface area contributed by atoms with E-state index >= 15 is 0 Å². The first-order valence-electron chi connectivity index (χ1n) is 7.07. The summed E-state index contributed by atoms with van der Waals surface area (Å²) in [5.41, 5.74) is 9.03. The molecule has 1 aliphatic heterocycles. The van der Waals surface area contributed by atoms with Crippen LogP contribution in [0, 0.1) is 12.8 Å². The van der Waals surface area contributed by atoms with Gasteiger partial charge in [0.05, 0.1) is 6.04 Å². The van der Waals surface area contributed by atoms with E-state index in [2.05, 4.69) is 56.9 Å². The molecule has 1 aromatic carbocycles. The van der Waals surface area contributed by atoms with Gasteiger partial charge in [0.15, 0.2) is 0 Å². The maximum absolute atomic E-state index is 6.28. The van der Waals surface area contributed by atoms with Gasteiger partial charge >= 0.3 is 0 Å². The summed E-state index contributed by atoms with van der Waals surface area (Å²) in [4.78, 5) is 2.59. The van der Waals surface area contributed by atoms with Gasteiger partial charge in [-0.15, -0.1) is 0 Å². The van der Waals surface area contributed by atoms with Crippen molar-refractivity contribution in [2.45, 2.75) is 52.2 Å². The monoisotopic (exact) mass is 246 g/mol. The van der Waals surface area contributed by atoms with Crippen molar-refractivity contribution in [1.29, 1.82) is 0 Å². The van der Waals surface area contributed by atoms with Crippen LogP contribution in [0.1, 0.15) is 44.4 Å². The number of benzene rings is 1. The Morgan fingerprint density at radius 1 is 1.28 bits per heavy atom. The lowest BCUT2D eigenvalue weighted by atomic mass is 9.94. The summed E-state index contributed by atoms with van der Waals surface area (Å²) in [6.45, 7) is 10.2. The van der Waals surface area contributed by atoms with Crippen LogP contribution in [0.4, 0.5) is 0 Å². The van der Waals surface area contributed by atoms with Gasteiger partial charge in [0, 0.05) is 18.6 Å². The molecule has 1 aromatic rings. The van der Waals surface area contributed by atoms with Gasteiger partial charge in [0.25, 0.3) is 0 Å². The van der Waals surface area contributed by atoms with Gasteiger partial charge in [-0.25, -0.2) is 0 Å². The Morgan fingerprint density at radius 3 is 2.44 bits per heavy atom.